The van der Waals surface area contributed by atoms with Gasteiger partial charge in [-0.15, -0.1) is 11.3 Å². The van der Waals surface area contributed by atoms with E-state index < -0.39 is 11.9 Å². The van der Waals surface area contributed by atoms with E-state index in [0.29, 0.717) is 24.4 Å². The smallest absolute Gasteiger partial charge is 0.261 e. The number of hydrogen-bond acceptors (Lipinski definition) is 6. The minimum atomic E-state index is -0.565. The Hall–Kier alpha value is -3.07. The van der Waals surface area contributed by atoms with Crippen LogP contribution < -0.4 is 20.9 Å². The molecule has 9 heteroatoms. The number of carbonyl (C=O) groups is 3. The molecule has 154 valence electrons. The molecule has 29 heavy (non-hydrogen) atoms. The molecular formula is C20H24N4O4S. The number of nitrogens with zero attached hydrogens (tertiary/aromatic N) is 1. The van der Waals surface area contributed by atoms with Gasteiger partial charge in [-0.25, -0.2) is 0 Å². The lowest BCUT2D eigenvalue weighted by molar-refractivity contribution is -0.139. The normalized spacial score (nSPS) is 15.6. The van der Waals surface area contributed by atoms with Crippen LogP contribution >= 0.6 is 11.3 Å². The van der Waals surface area contributed by atoms with Crippen LogP contribution in [-0.4, -0.2) is 48.9 Å². The Morgan fingerprint density at radius 3 is 2.76 bits per heavy atom. The summed E-state index contributed by atoms with van der Waals surface area (Å²) >= 11 is 1.52. The first-order valence-electron chi connectivity index (χ1n) is 9.36. The average Bonchev–Trinajstić information content (AvgIpc) is 3.42. The first-order chi connectivity index (χ1) is 14.1. The number of rotatable bonds is 7. The molecule has 0 bridgehead atoms. The van der Waals surface area contributed by atoms with Gasteiger partial charge in [-0.05, 0) is 36.4 Å². The van der Waals surface area contributed by atoms with Gasteiger partial charge in [-0.2, -0.15) is 0 Å². The summed E-state index contributed by atoms with van der Waals surface area (Å²) in [6.45, 7) is 0.512. The Labute approximate surface area is 173 Å². The van der Waals surface area contributed by atoms with Crippen molar-refractivity contribution < 1.29 is 19.1 Å². The number of amides is 3. The van der Waals surface area contributed by atoms with Gasteiger partial charge in [-0.3, -0.25) is 25.2 Å². The highest BCUT2D eigenvalue weighted by Gasteiger charge is 2.34. The van der Waals surface area contributed by atoms with E-state index in [1.165, 1.54) is 11.3 Å². The zero-order chi connectivity index (χ0) is 20.6. The molecule has 2 heterocycles. The van der Waals surface area contributed by atoms with Crippen LogP contribution in [0.4, 0.5) is 5.69 Å². The van der Waals surface area contributed by atoms with E-state index in [1.54, 1.807) is 24.1 Å². The van der Waals surface area contributed by atoms with Gasteiger partial charge in [-0.1, -0.05) is 18.2 Å². The maximum atomic E-state index is 12.5. The number of para-hydroxylation sites is 2. The number of carbonyl (C=O) groups excluding carboxylic acids is 3. The molecule has 1 aliphatic heterocycles. The SMILES string of the molecule is COc1ccccc1NCC(=O)NNC(=O)C1CCCN1C(=O)Cc1cccs1. The maximum absolute atomic E-state index is 12.5. The van der Waals surface area contributed by atoms with Crippen LogP contribution in [-0.2, 0) is 20.8 Å². The quantitative estimate of drug-likeness (QED) is 0.595. The van der Waals surface area contributed by atoms with E-state index in [9.17, 15) is 14.4 Å². The van der Waals surface area contributed by atoms with Gasteiger partial charge in [0.2, 0.25) is 5.91 Å². The van der Waals surface area contributed by atoms with Gasteiger partial charge in [0.25, 0.3) is 11.8 Å². The second-order valence-corrected chi connectivity index (χ2v) is 7.62. The molecule has 1 aromatic heterocycles. The van der Waals surface area contributed by atoms with E-state index in [1.807, 2.05) is 29.6 Å². The Morgan fingerprint density at radius 1 is 1.17 bits per heavy atom. The predicted octanol–water partition coefficient (Wildman–Crippen LogP) is 1.55. The van der Waals surface area contributed by atoms with Gasteiger partial charge in [0.05, 0.1) is 25.8 Å². The molecule has 0 spiro atoms. The molecule has 1 fully saturated rings. The van der Waals surface area contributed by atoms with Crippen LogP contribution in [0.15, 0.2) is 41.8 Å². The number of hydrogen-bond donors (Lipinski definition) is 3. The number of hydrazine groups is 1. The van der Waals surface area contributed by atoms with Crippen LogP contribution in [0.2, 0.25) is 0 Å². The number of anilines is 1. The number of benzene rings is 1. The lowest BCUT2D eigenvalue weighted by atomic mass is 10.2. The summed E-state index contributed by atoms with van der Waals surface area (Å²) in [5.74, 6) is -0.240. The predicted molar refractivity (Wildman–Crippen MR) is 111 cm³/mol. The molecular weight excluding hydrogens is 392 g/mol. The average molecular weight is 417 g/mol. The third kappa shape index (κ3) is 5.47. The Kier molecular flexibility index (Phi) is 7.07. The van der Waals surface area contributed by atoms with Crippen molar-refractivity contribution in [1.29, 1.82) is 0 Å². The van der Waals surface area contributed by atoms with Crippen molar-refractivity contribution in [2.24, 2.45) is 0 Å². The van der Waals surface area contributed by atoms with Crippen molar-refractivity contribution in [3.05, 3.63) is 46.7 Å². The minimum absolute atomic E-state index is 0.0354. The van der Waals surface area contributed by atoms with Crippen molar-refractivity contribution in [3.8, 4) is 5.75 Å². The molecule has 1 aromatic carbocycles. The summed E-state index contributed by atoms with van der Waals surface area (Å²) in [5, 5.41) is 4.88. The van der Waals surface area contributed by atoms with Crippen molar-refractivity contribution in [2.75, 3.05) is 25.5 Å². The van der Waals surface area contributed by atoms with Gasteiger partial charge in [0, 0.05) is 11.4 Å². The Balaban J connectivity index is 1.46. The van der Waals surface area contributed by atoms with Crippen LogP contribution in [0, 0.1) is 0 Å². The lowest BCUT2D eigenvalue weighted by Gasteiger charge is -2.24. The van der Waals surface area contributed by atoms with Crippen LogP contribution in [0.3, 0.4) is 0 Å². The van der Waals surface area contributed by atoms with Crippen molar-refractivity contribution in [1.82, 2.24) is 15.8 Å². The van der Waals surface area contributed by atoms with Crippen molar-refractivity contribution in [3.63, 3.8) is 0 Å². The summed E-state index contributed by atoms with van der Waals surface area (Å²) in [5.41, 5.74) is 5.50. The van der Waals surface area contributed by atoms with Gasteiger partial charge < -0.3 is 15.0 Å². The van der Waals surface area contributed by atoms with Gasteiger partial charge in [0.15, 0.2) is 0 Å². The van der Waals surface area contributed by atoms with E-state index in [4.69, 9.17) is 4.74 Å². The molecule has 2 aromatic rings. The molecule has 0 aliphatic carbocycles. The minimum Gasteiger partial charge on any atom is -0.495 e. The number of methoxy groups -OCH3 is 1. The molecule has 8 nitrogen and oxygen atoms in total. The number of nitrogens with one attached hydrogen (secondary N) is 3. The topological polar surface area (TPSA) is 99.8 Å². The maximum Gasteiger partial charge on any atom is 0.261 e. The fourth-order valence-corrected chi connectivity index (χ4v) is 3.92. The van der Waals surface area contributed by atoms with E-state index in [2.05, 4.69) is 16.2 Å². The summed E-state index contributed by atoms with van der Waals surface area (Å²) in [6, 6.07) is 10.5. The number of thiophene rings is 1. The highest BCUT2D eigenvalue weighted by atomic mass is 32.1. The van der Waals surface area contributed by atoms with Gasteiger partial charge in [0.1, 0.15) is 11.8 Å². The van der Waals surface area contributed by atoms with Gasteiger partial charge >= 0.3 is 0 Å². The van der Waals surface area contributed by atoms with Crippen LogP contribution in [0.1, 0.15) is 17.7 Å². The molecule has 1 atom stereocenters. The first kappa shape index (κ1) is 20.7. The zero-order valence-electron chi connectivity index (χ0n) is 16.1. The second-order valence-electron chi connectivity index (χ2n) is 6.59. The van der Waals surface area contributed by atoms with E-state index in [0.717, 1.165) is 11.3 Å². The largest absolute Gasteiger partial charge is 0.495 e. The Bertz CT molecular complexity index is 856. The molecule has 3 amide bonds. The third-order valence-corrected chi connectivity index (χ3v) is 5.53. The standard InChI is InChI=1S/C20H24N4O4S/c1-28-17-9-3-2-7-15(17)21-13-18(25)22-23-20(27)16-8-4-10-24(16)19(26)12-14-6-5-11-29-14/h2-3,5-7,9,11,16,21H,4,8,10,12-13H2,1H3,(H,22,25)(H,23,27). The fourth-order valence-electron chi connectivity index (χ4n) is 3.23. The summed E-state index contributed by atoms with van der Waals surface area (Å²) in [7, 11) is 1.55. The molecule has 1 saturated heterocycles. The molecule has 3 N–H and O–H groups in total. The van der Waals surface area contributed by atoms with Crippen LogP contribution in [0.5, 0.6) is 5.75 Å². The highest BCUT2D eigenvalue weighted by molar-refractivity contribution is 7.10. The number of ether oxygens (including phenoxy) is 1. The zero-order valence-corrected chi connectivity index (χ0v) is 17.0. The third-order valence-electron chi connectivity index (χ3n) is 4.65. The Morgan fingerprint density at radius 2 is 2.00 bits per heavy atom. The fraction of sp³-hybridized carbons (Fsp3) is 0.350. The summed E-state index contributed by atoms with van der Waals surface area (Å²) < 4.78 is 5.21. The summed E-state index contributed by atoms with van der Waals surface area (Å²) in [4.78, 5) is 39.6. The molecule has 0 saturated carbocycles. The van der Waals surface area contributed by atoms with E-state index in [-0.39, 0.29) is 24.8 Å². The monoisotopic (exact) mass is 416 g/mol. The molecule has 1 unspecified atom stereocenters. The van der Waals surface area contributed by atoms with E-state index >= 15 is 0 Å². The number of likely N-dealkylation sites (tertiary alicyclic amines) is 1. The highest BCUT2D eigenvalue weighted by Crippen LogP contribution is 2.22. The second kappa shape index (κ2) is 9.92. The molecule has 0 radical (unpaired) electrons. The van der Waals surface area contributed by atoms with Crippen LogP contribution in [0.25, 0.3) is 0 Å². The first-order valence-corrected chi connectivity index (χ1v) is 10.2. The lowest BCUT2D eigenvalue weighted by Crippen LogP contribution is -2.52. The summed E-state index contributed by atoms with van der Waals surface area (Å²) in [6.07, 6.45) is 1.63. The molecule has 3 rings (SSSR count). The molecule has 1 aliphatic rings. The van der Waals surface area contributed by atoms with Crippen molar-refractivity contribution >= 4 is 34.7 Å². The van der Waals surface area contributed by atoms with Crippen molar-refractivity contribution in [2.45, 2.75) is 25.3 Å².